The Morgan fingerprint density at radius 1 is 1.42 bits per heavy atom. The molecule has 0 radical (unpaired) electrons. The molecule has 0 aromatic carbocycles. The molecule has 1 N–H and O–H groups in total. The smallest absolute Gasteiger partial charge is 0.0492 e. The minimum absolute atomic E-state index is 0.711. The summed E-state index contributed by atoms with van der Waals surface area (Å²) in [6.07, 6.45) is 7.13. The number of piperazine rings is 1. The Morgan fingerprint density at radius 3 is 2.89 bits per heavy atom. The first-order chi connectivity index (χ1) is 9.28. The fourth-order valence-electron chi connectivity index (χ4n) is 3.28. The molecule has 0 spiro atoms. The van der Waals surface area contributed by atoms with Gasteiger partial charge in [-0.3, -0.25) is 9.58 Å². The average molecular weight is 262 g/mol. The van der Waals surface area contributed by atoms with E-state index in [1.54, 1.807) is 0 Å². The maximum Gasteiger partial charge on any atom is 0.0492 e. The highest BCUT2D eigenvalue weighted by Gasteiger charge is 2.36. The van der Waals surface area contributed by atoms with Crippen LogP contribution in [0.1, 0.15) is 31.9 Å². The minimum Gasteiger partial charge on any atom is -0.311 e. The molecule has 4 nitrogen and oxygen atoms in total. The highest BCUT2D eigenvalue weighted by Crippen LogP contribution is 2.34. The Bertz CT molecular complexity index is 410. The fraction of sp³-hybridized carbons (Fsp3) is 0.800. The summed E-state index contributed by atoms with van der Waals surface area (Å²) in [6, 6.07) is 3.60. The van der Waals surface area contributed by atoms with Crippen molar-refractivity contribution < 1.29 is 0 Å². The van der Waals surface area contributed by atoms with E-state index < -0.39 is 0 Å². The highest BCUT2D eigenvalue weighted by atomic mass is 15.3. The molecule has 106 valence electrons. The van der Waals surface area contributed by atoms with E-state index in [0.717, 1.165) is 18.4 Å². The molecule has 0 bridgehead atoms. The second kappa shape index (κ2) is 5.63. The first-order valence-electron chi connectivity index (χ1n) is 7.72. The first kappa shape index (κ1) is 13.1. The summed E-state index contributed by atoms with van der Waals surface area (Å²) in [5.41, 5.74) is 1.34. The third-order valence-corrected chi connectivity index (χ3v) is 4.80. The topological polar surface area (TPSA) is 33.1 Å². The molecule has 1 aliphatic heterocycles. The molecule has 2 aliphatic rings. The second-order valence-electron chi connectivity index (χ2n) is 6.11. The van der Waals surface area contributed by atoms with Gasteiger partial charge in [-0.15, -0.1) is 0 Å². The molecule has 2 fully saturated rings. The Balaban J connectivity index is 1.57. The Labute approximate surface area is 116 Å². The van der Waals surface area contributed by atoms with Crippen molar-refractivity contribution in [1.29, 1.82) is 0 Å². The van der Waals surface area contributed by atoms with Gasteiger partial charge in [-0.2, -0.15) is 5.10 Å². The van der Waals surface area contributed by atoms with Crippen molar-refractivity contribution in [2.24, 2.45) is 13.0 Å². The van der Waals surface area contributed by atoms with Crippen LogP contribution in [0, 0.1) is 5.92 Å². The molecular formula is C15H26N4. The van der Waals surface area contributed by atoms with Gasteiger partial charge in [0.1, 0.15) is 0 Å². The summed E-state index contributed by atoms with van der Waals surface area (Å²) in [4.78, 5) is 2.70. The van der Waals surface area contributed by atoms with Crippen molar-refractivity contribution in [2.45, 2.75) is 44.7 Å². The van der Waals surface area contributed by atoms with E-state index in [2.05, 4.69) is 28.3 Å². The van der Waals surface area contributed by atoms with E-state index in [9.17, 15) is 0 Å². The molecule has 1 saturated heterocycles. The monoisotopic (exact) mass is 262 g/mol. The van der Waals surface area contributed by atoms with Crippen molar-refractivity contribution in [2.75, 3.05) is 19.6 Å². The van der Waals surface area contributed by atoms with E-state index in [-0.39, 0.29) is 0 Å². The van der Waals surface area contributed by atoms with E-state index in [1.165, 1.54) is 44.6 Å². The van der Waals surface area contributed by atoms with Gasteiger partial charge in [0.2, 0.25) is 0 Å². The van der Waals surface area contributed by atoms with Gasteiger partial charge in [0.15, 0.2) is 0 Å². The third kappa shape index (κ3) is 3.00. The van der Waals surface area contributed by atoms with Crippen LogP contribution >= 0.6 is 0 Å². The van der Waals surface area contributed by atoms with Gasteiger partial charge in [-0.1, -0.05) is 6.92 Å². The van der Waals surface area contributed by atoms with Crippen LogP contribution in [-0.2, 0) is 13.5 Å². The number of aromatic nitrogens is 2. The van der Waals surface area contributed by atoms with Crippen LogP contribution in [0.25, 0.3) is 0 Å². The molecule has 1 aromatic rings. The van der Waals surface area contributed by atoms with Gasteiger partial charge in [0.05, 0.1) is 0 Å². The largest absolute Gasteiger partial charge is 0.311 e. The van der Waals surface area contributed by atoms with Crippen molar-refractivity contribution in [3.8, 4) is 0 Å². The maximum atomic E-state index is 4.26. The normalized spacial score (nSPS) is 28.7. The summed E-state index contributed by atoms with van der Waals surface area (Å²) >= 11 is 0. The predicted octanol–water partition coefficient (Wildman–Crippen LogP) is 1.42. The summed E-state index contributed by atoms with van der Waals surface area (Å²) in [5.74, 6) is 0.956. The van der Waals surface area contributed by atoms with Crippen LogP contribution in [-0.4, -0.2) is 46.4 Å². The predicted molar refractivity (Wildman–Crippen MR) is 77.1 cm³/mol. The lowest BCUT2D eigenvalue weighted by Crippen LogP contribution is -2.57. The molecule has 2 heterocycles. The van der Waals surface area contributed by atoms with Crippen LogP contribution in [0.3, 0.4) is 0 Å². The number of aryl methyl sites for hydroxylation is 1. The molecule has 1 aliphatic carbocycles. The van der Waals surface area contributed by atoms with E-state index in [0.29, 0.717) is 6.04 Å². The highest BCUT2D eigenvalue weighted by molar-refractivity contribution is 5.01. The van der Waals surface area contributed by atoms with Crippen molar-refractivity contribution in [1.82, 2.24) is 20.0 Å². The van der Waals surface area contributed by atoms with Gasteiger partial charge in [-0.05, 0) is 31.2 Å². The average Bonchev–Trinajstić information content (AvgIpc) is 3.20. The van der Waals surface area contributed by atoms with Crippen LogP contribution in [0.2, 0.25) is 0 Å². The first-order valence-corrected chi connectivity index (χ1v) is 7.72. The number of nitrogens with zero attached hydrogens (tertiary/aromatic N) is 3. The lowest BCUT2D eigenvalue weighted by molar-refractivity contribution is 0.120. The standard InChI is InChI=1S/C15H26N4/c1-3-13-10-16-15(12-4-5-12)11-19(13)9-7-14-6-8-17-18(14)2/h6,8,12-13,15-16H,3-5,7,9-11H2,1-2H3. The Hall–Kier alpha value is -0.870. The molecule has 2 atom stereocenters. The van der Waals surface area contributed by atoms with Crippen LogP contribution in [0.4, 0.5) is 0 Å². The van der Waals surface area contributed by atoms with E-state index >= 15 is 0 Å². The zero-order valence-electron chi connectivity index (χ0n) is 12.2. The van der Waals surface area contributed by atoms with Crippen molar-refractivity contribution >= 4 is 0 Å². The molecule has 2 unspecified atom stereocenters. The number of nitrogens with one attached hydrogen (secondary N) is 1. The van der Waals surface area contributed by atoms with Crippen LogP contribution < -0.4 is 5.32 Å². The summed E-state index contributed by atoms with van der Waals surface area (Å²) in [7, 11) is 2.04. The Kier molecular flexibility index (Phi) is 3.89. The number of hydrogen-bond acceptors (Lipinski definition) is 3. The molecule has 19 heavy (non-hydrogen) atoms. The lowest BCUT2D eigenvalue weighted by atomic mass is 10.0. The molecule has 1 saturated carbocycles. The van der Waals surface area contributed by atoms with E-state index in [1.807, 2.05) is 17.9 Å². The molecular weight excluding hydrogens is 236 g/mol. The molecule has 0 amide bonds. The zero-order chi connectivity index (χ0) is 13.2. The summed E-state index contributed by atoms with van der Waals surface area (Å²) in [5, 5.41) is 8.02. The maximum absolute atomic E-state index is 4.26. The van der Waals surface area contributed by atoms with E-state index in [4.69, 9.17) is 0 Å². The van der Waals surface area contributed by atoms with Gasteiger partial charge >= 0.3 is 0 Å². The van der Waals surface area contributed by atoms with Gasteiger partial charge < -0.3 is 5.32 Å². The zero-order valence-corrected chi connectivity index (χ0v) is 12.2. The van der Waals surface area contributed by atoms with Gasteiger partial charge in [0.25, 0.3) is 0 Å². The third-order valence-electron chi connectivity index (χ3n) is 4.80. The fourth-order valence-corrected chi connectivity index (χ4v) is 3.28. The molecule has 1 aromatic heterocycles. The van der Waals surface area contributed by atoms with Crippen LogP contribution in [0.5, 0.6) is 0 Å². The minimum atomic E-state index is 0.711. The molecule has 3 rings (SSSR count). The quantitative estimate of drug-likeness (QED) is 0.871. The Morgan fingerprint density at radius 2 is 2.26 bits per heavy atom. The second-order valence-corrected chi connectivity index (χ2v) is 6.11. The van der Waals surface area contributed by atoms with Gasteiger partial charge in [-0.25, -0.2) is 0 Å². The number of rotatable bonds is 5. The summed E-state index contributed by atoms with van der Waals surface area (Å²) in [6.45, 7) is 5.88. The molecule has 4 heteroatoms. The van der Waals surface area contributed by atoms with Crippen molar-refractivity contribution in [3.63, 3.8) is 0 Å². The SMILES string of the molecule is CCC1CNC(C2CC2)CN1CCc1ccnn1C. The number of hydrogen-bond donors (Lipinski definition) is 1. The van der Waals surface area contributed by atoms with Gasteiger partial charge in [0, 0.05) is 57.1 Å². The summed E-state index contributed by atoms with van der Waals surface area (Å²) < 4.78 is 2.00. The van der Waals surface area contributed by atoms with Crippen LogP contribution in [0.15, 0.2) is 12.3 Å². The van der Waals surface area contributed by atoms with Crippen molar-refractivity contribution in [3.05, 3.63) is 18.0 Å². The lowest BCUT2D eigenvalue weighted by Gasteiger charge is -2.40.